The molecule has 0 bridgehead atoms. The van der Waals surface area contributed by atoms with Gasteiger partial charge in [-0.2, -0.15) is 0 Å². The first-order valence-electron chi connectivity index (χ1n) is 9.23. The van der Waals surface area contributed by atoms with Crippen molar-refractivity contribution >= 4 is 17.6 Å². The number of halogens is 1. The van der Waals surface area contributed by atoms with Gasteiger partial charge in [0.15, 0.2) is 5.96 Å². The van der Waals surface area contributed by atoms with Gasteiger partial charge in [-0.05, 0) is 38.1 Å². The normalized spacial score (nSPS) is 17.8. The smallest absolute Gasteiger partial charge is 0.191 e. The van der Waals surface area contributed by atoms with Gasteiger partial charge in [-0.3, -0.25) is 9.89 Å². The zero-order chi connectivity index (χ0) is 18.9. The quantitative estimate of drug-likeness (QED) is 0.556. The van der Waals surface area contributed by atoms with Crippen LogP contribution in [0.2, 0.25) is 5.02 Å². The number of guanidine groups is 1. The Hall–Kier alpha value is -1.50. The summed E-state index contributed by atoms with van der Waals surface area (Å²) in [5, 5.41) is 7.52. The third-order valence-electron chi connectivity index (χ3n) is 4.90. The van der Waals surface area contributed by atoms with Gasteiger partial charge in [0, 0.05) is 57.4 Å². The van der Waals surface area contributed by atoms with Gasteiger partial charge in [0.05, 0.1) is 7.11 Å². The number of benzene rings is 1. The van der Waals surface area contributed by atoms with Crippen LogP contribution in [0, 0.1) is 0 Å². The van der Waals surface area contributed by atoms with Crippen LogP contribution >= 0.6 is 11.6 Å². The van der Waals surface area contributed by atoms with E-state index >= 15 is 0 Å². The lowest BCUT2D eigenvalue weighted by Gasteiger charge is -2.36. The van der Waals surface area contributed by atoms with Crippen LogP contribution in [0.4, 0.5) is 0 Å². The first-order chi connectivity index (χ1) is 12.5. The molecule has 146 valence electrons. The van der Waals surface area contributed by atoms with Gasteiger partial charge >= 0.3 is 0 Å². The van der Waals surface area contributed by atoms with Crippen molar-refractivity contribution in [2.45, 2.75) is 19.4 Å². The van der Waals surface area contributed by atoms with Crippen molar-refractivity contribution in [3.05, 3.63) is 28.8 Å². The summed E-state index contributed by atoms with van der Waals surface area (Å²) in [7, 11) is 5.63. The van der Waals surface area contributed by atoms with Crippen molar-refractivity contribution in [3.63, 3.8) is 0 Å². The van der Waals surface area contributed by atoms with Crippen LogP contribution < -0.4 is 15.4 Å². The van der Waals surface area contributed by atoms with Gasteiger partial charge in [-0.15, -0.1) is 0 Å². The van der Waals surface area contributed by atoms with Gasteiger partial charge in [-0.25, -0.2) is 0 Å². The zero-order valence-electron chi connectivity index (χ0n) is 16.4. The first-order valence-corrected chi connectivity index (χ1v) is 9.60. The third-order valence-corrected chi connectivity index (χ3v) is 5.25. The second-order valence-electron chi connectivity index (χ2n) is 6.78. The van der Waals surface area contributed by atoms with Crippen molar-refractivity contribution in [2.75, 3.05) is 60.5 Å². The summed E-state index contributed by atoms with van der Waals surface area (Å²) in [6.45, 7) is 8.45. The van der Waals surface area contributed by atoms with Gasteiger partial charge < -0.3 is 20.3 Å². The highest BCUT2D eigenvalue weighted by Crippen LogP contribution is 2.22. The van der Waals surface area contributed by atoms with Crippen LogP contribution in [0.15, 0.2) is 23.2 Å². The molecule has 0 amide bonds. The maximum absolute atomic E-state index is 6.29. The molecule has 1 aliphatic heterocycles. The van der Waals surface area contributed by atoms with Crippen LogP contribution in [0.5, 0.6) is 5.75 Å². The number of piperazine rings is 1. The van der Waals surface area contributed by atoms with Gasteiger partial charge in [0.25, 0.3) is 0 Å². The number of likely N-dealkylation sites (N-methyl/N-ethyl adjacent to an activating group) is 1. The number of nitrogens with zero attached hydrogens (tertiary/aromatic N) is 3. The van der Waals surface area contributed by atoms with Crippen LogP contribution in [0.1, 0.15) is 12.5 Å². The lowest BCUT2D eigenvalue weighted by Crippen LogP contribution is -2.52. The number of rotatable bonds is 7. The summed E-state index contributed by atoms with van der Waals surface area (Å²) in [4.78, 5) is 9.21. The molecule has 0 aromatic heterocycles. The minimum Gasteiger partial charge on any atom is -0.497 e. The minimum absolute atomic E-state index is 0.485. The predicted octanol–water partition coefficient (Wildman–Crippen LogP) is 1.69. The molecule has 26 heavy (non-hydrogen) atoms. The Morgan fingerprint density at radius 1 is 1.27 bits per heavy atom. The second-order valence-corrected chi connectivity index (χ2v) is 7.18. The van der Waals surface area contributed by atoms with Gasteiger partial charge in [-0.1, -0.05) is 17.7 Å². The molecule has 1 unspecified atom stereocenters. The molecule has 1 saturated heterocycles. The van der Waals surface area contributed by atoms with Crippen LogP contribution in [-0.2, 0) is 6.42 Å². The molecule has 0 radical (unpaired) electrons. The van der Waals surface area contributed by atoms with Crippen molar-refractivity contribution in [2.24, 2.45) is 4.99 Å². The minimum atomic E-state index is 0.485. The molecule has 0 aliphatic carbocycles. The Kier molecular flexibility index (Phi) is 8.48. The van der Waals surface area contributed by atoms with Crippen LogP contribution in [0.25, 0.3) is 0 Å². The molecule has 1 fully saturated rings. The van der Waals surface area contributed by atoms with E-state index in [9.17, 15) is 0 Å². The van der Waals surface area contributed by atoms with E-state index in [0.717, 1.165) is 68.0 Å². The van der Waals surface area contributed by atoms with E-state index in [4.69, 9.17) is 16.3 Å². The maximum atomic E-state index is 6.29. The second kappa shape index (κ2) is 10.6. The Morgan fingerprint density at radius 2 is 2.00 bits per heavy atom. The molecule has 7 heteroatoms. The topological polar surface area (TPSA) is 52.1 Å². The van der Waals surface area contributed by atoms with E-state index in [1.54, 1.807) is 14.2 Å². The molecule has 6 nitrogen and oxygen atoms in total. The molecule has 1 aliphatic rings. The highest BCUT2D eigenvalue weighted by molar-refractivity contribution is 6.31. The first kappa shape index (κ1) is 20.8. The van der Waals surface area contributed by atoms with Crippen LogP contribution in [0.3, 0.4) is 0 Å². The van der Waals surface area contributed by atoms with Crippen molar-refractivity contribution in [1.29, 1.82) is 0 Å². The fourth-order valence-electron chi connectivity index (χ4n) is 3.03. The van der Waals surface area contributed by atoms with Crippen molar-refractivity contribution in [1.82, 2.24) is 20.4 Å². The highest BCUT2D eigenvalue weighted by Gasteiger charge is 2.19. The molecule has 1 aromatic carbocycles. The zero-order valence-corrected chi connectivity index (χ0v) is 17.1. The summed E-state index contributed by atoms with van der Waals surface area (Å²) in [5.74, 6) is 1.61. The van der Waals surface area contributed by atoms with Gasteiger partial charge in [0.1, 0.15) is 5.75 Å². The number of hydrogen-bond acceptors (Lipinski definition) is 4. The molecule has 0 spiro atoms. The Morgan fingerprint density at radius 3 is 2.62 bits per heavy atom. The van der Waals surface area contributed by atoms with E-state index in [0.29, 0.717) is 6.04 Å². The highest BCUT2D eigenvalue weighted by atomic mass is 35.5. The fourth-order valence-corrected chi connectivity index (χ4v) is 3.30. The predicted molar refractivity (Wildman–Crippen MR) is 110 cm³/mol. The molecule has 1 aromatic rings. The average Bonchev–Trinajstić information content (AvgIpc) is 2.65. The maximum Gasteiger partial charge on any atom is 0.191 e. The summed E-state index contributed by atoms with van der Waals surface area (Å²) >= 11 is 6.29. The largest absolute Gasteiger partial charge is 0.497 e. The average molecular weight is 382 g/mol. The lowest BCUT2D eigenvalue weighted by atomic mass is 10.1. The van der Waals surface area contributed by atoms with E-state index in [1.807, 2.05) is 18.2 Å². The van der Waals surface area contributed by atoms with E-state index in [1.165, 1.54) is 0 Å². The molecule has 1 heterocycles. The number of methoxy groups -OCH3 is 1. The number of nitrogens with one attached hydrogen (secondary N) is 2. The molecule has 2 N–H and O–H groups in total. The van der Waals surface area contributed by atoms with Crippen molar-refractivity contribution in [3.8, 4) is 5.75 Å². The molecular weight excluding hydrogens is 350 g/mol. The summed E-state index contributed by atoms with van der Waals surface area (Å²) in [6, 6.07) is 6.28. The van der Waals surface area contributed by atoms with Gasteiger partial charge in [0.2, 0.25) is 0 Å². The van der Waals surface area contributed by atoms with E-state index < -0.39 is 0 Å². The summed E-state index contributed by atoms with van der Waals surface area (Å²) in [6.07, 6.45) is 0.831. The number of aliphatic imine (C=N–C) groups is 1. The SMILES string of the molecule is CN=C(NCCc1ccc(OC)cc1Cl)NCC(C)N1CCN(C)CC1. The molecule has 2 rings (SSSR count). The lowest BCUT2D eigenvalue weighted by molar-refractivity contribution is 0.120. The van der Waals surface area contributed by atoms with Crippen LogP contribution in [-0.4, -0.2) is 82.3 Å². The molecule has 1 atom stereocenters. The number of ether oxygens (including phenoxy) is 1. The monoisotopic (exact) mass is 381 g/mol. The summed E-state index contributed by atoms with van der Waals surface area (Å²) in [5.41, 5.74) is 1.10. The Balaban J connectivity index is 1.72. The fraction of sp³-hybridized carbons (Fsp3) is 0.632. The summed E-state index contributed by atoms with van der Waals surface area (Å²) < 4.78 is 5.18. The standard InChI is InChI=1S/C19H32ClN5O/c1-15(25-11-9-24(3)10-12-25)14-23-19(21-2)22-8-7-16-5-6-17(26-4)13-18(16)20/h5-6,13,15H,7-12,14H2,1-4H3,(H2,21,22,23). The Labute approximate surface area is 162 Å². The molecular formula is C19H32ClN5O. The molecule has 0 saturated carbocycles. The van der Waals surface area contributed by atoms with Crippen molar-refractivity contribution < 1.29 is 4.74 Å². The Bertz CT molecular complexity index is 587. The van der Waals surface area contributed by atoms with E-state index in [2.05, 4.69) is 39.4 Å². The third kappa shape index (κ3) is 6.34. The van der Waals surface area contributed by atoms with E-state index in [-0.39, 0.29) is 0 Å². The number of hydrogen-bond donors (Lipinski definition) is 2.